The second-order valence-corrected chi connectivity index (χ2v) is 9.37. The zero-order valence-corrected chi connectivity index (χ0v) is 19.4. The summed E-state index contributed by atoms with van der Waals surface area (Å²) in [7, 11) is 0. The van der Waals surface area contributed by atoms with Crippen molar-refractivity contribution in [2.45, 2.75) is 59.2 Å². The molecule has 2 aromatic rings. The fraction of sp³-hybridized carbons (Fsp3) is 0.579. The van der Waals surface area contributed by atoms with Crippen molar-refractivity contribution >= 4 is 45.5 Å². The number of aromatic nitrogens is 3. The van der Waals surface area contributed by atoms with E-state index in [0.29, 0.717) is 11.3 Å². The molecule has 0 radical (unpaired) electrons. The molecule has 3 heterocycles. The van der Waals surface area contributed by atoms with Gasteiger partial charge in [-0.3, -0.25) is 33.5 Å². The van der Waals surface area contributed by atoms with Gasteiger partial charge in [-0.05, 0) is 20.8 Å². The maximum Gasteiger partial charge on any atom is 0.311 e. The Bertz CT molecular complexity index is 1210. The summed E-state index contributed by atoms with van der Waals surface area (Å²) in [5, 5.41) is 0. The highest BCUT2D eigenvalue weighted by Crippen LogP contribution is 2.35. The molecule has 3 N–H and O–H groups in total. The Hall–Kier alpha value is -3.26. The number of nitrogens with zero attached hydrogens (tertiary/aromatic N) is 2. The molecule has 180 valence electrons. The van der Waals surface area contributed by atoms with Crippen LogP contribution in [0, 0.1) is 5.41 Å². The van der Waals surface area contributed by atoms with Crippen LogP contribution in [0.5, 0.6) is 0 Å². The second-order valence-electron chi connectivity index (χ2n) is 8.40. The molecule has 0 saturated carbocycles. The van der Waals surface area contributed by atoms with Crippen LogP contribution in [0.4, 0.5) is 5.95 Å². The maximum absolute atomic E-state index is 12.8. The summed E-state index contributed by atoms with van der Waals surface area (Å²) in [5.74, 6) is -2.24. The first-order chi connectivity index (χ1) is 15.3. The van der Waals surface area contributed by atoms with Gasteiger partial charge in [-0.1, -0.05) is 11.3 Å². The molecular formula is C19H24N4O9S. The third-order valence-corrected chi connectivity index (χ3v) is 5.57. The summed E-state index contributed by atoms with van der Waals surface area (Å²) in [6.45, 7) is 6.89. The summed E-state index contributed by atoms with van der Waals surface area (Å²) in [6, 6.07) is 0. The van der Waals surface area contributed by atoms with Crippen LogP contribution in [0.2, 0.25) is 0 Å². The Labute approximate surface area is 190 Å². The molecule has 13 nitrogen and oxygen atoms in total. The van der Waals surface area contributed by atoms with Gasteiger partial charge in [-0.25, -0.2) is 0 Å². The average Bonchev–Trinajstić information content (AvgIpc) is 3.15. The number of nitrogens with one attached hydrogen (secondary N) is 1. The van der Waals surface area contributed by atoms with Gasteiger partial charge in [-0.15, -0.1) is 0 Å². The fourth-order valence-corrected chi connectivity index (χ4v) is 4.09. The van der Waals surface area contributed by atoms with Crippen molar-refractivity contribution in [2.75, 3.05) is 12.3 Å². The van der Waals surface area contributed by atoms with Crippen LogP contribution < -0.4 is 16.2 Å². The van der Waals surface area contributed by atoms with Gasteiger partial charge in [0.1, 0.15) is 17.4 Å². The zero-order chi connectivity index (χ0) is 24.7. The number of nitrogen functional groups attached to an aromatic ring is 1. The van der Waals surface area contributed by atoms with Gasteiger partial charge in [-0.2, -0.15) is 4.98 Å². The lowest BCUT2D eigenvalue weighted by Crippen LogP contribution is -2.41. The molecule has 1 fully saturated rings. The number of H-pyrrole nitrogens is 1. The maximum atomic E-state index is 12.8. The predicted octanol–water partition coefficient (Wildman–Crippen LogP) is 0.0786. The number of esters is 3. The van der Waals surface area contributed by atoms with Crippen molar-refractivity contribution in [2.24, 2.45) is 5.41 Å². The van der Waals surface area contributed by atoms with E-state index in [9.17, 15) is 24.0 Å². The van der Waals surface area contributed by atoms with E-state index < -0.39 is 58.3 Å². The van der Waals surface area contributed by atoms with Crippen molar-refractivity contribution in [3.8, 4) is 0 Å². The Morgan fingerprint density at radius 3 is 2.33 bits per heavy atom. The number of hydrogen-bond donors (Lipinski definition) is 2. The summed E-state index contributed by atoms with van der Waals surface area (Å²) < 4.78 is 22.9. The van der Waals surface area contributed by atoms with E-state index >= 15 is 0 Å². The first-order valence-corrected chi connectivity index (χ1v) is 10.7. The quantitative estimate of drug-likeness (QED) is 0.433. The topological polar surface area (TPSA) is 182 Å². The number of anilines is 1. The van der Waals surface area contributed by atoms with Gasteiger partial charge in [0, 0.05) is 13.8 Å². The first-order valence-electron chi connectivity index (χ1n) is 9.87. The van der Waals surface area contributed by atoms with Crippen LogP contribution in [-0.2, 0) is 33.3 Å². The minimum atomic E-state index is -1.34. The number of aromatic amines is 1. The molecule has 3 rings (SSSR count). The molecule has 14 heteroatoms. The average molecular weight is 484 g/mol. The lowest BCUT2D eigenvalue weighted by Gasteiger charge is -2.24. The van der Waals surface area contributed by atoms with Gasteiger partial charge in [0.05, 0.1) is 5.41 Å². The summed E-state index contributed by atoms with van der Waals surface area (Å²) in [4.78, 5) is 66.5. The molecule has 2 aromatic heterocycles. The highest BCUT2D eigenvalue weighted by atomic mass is 32.1. The molecule has 0 aromatic carbocycles. The molecule has 4 atom stereocenters. The number of carbonyl (C=O) groups excluding carboxylic acids is 3. The summed E-state index contributed by atoms with van der Waals surface area (Å²) in [5.41, 5.74) is 4.09. The highest BCUT2D eigenvalue weighted by molar-refractivity contribution is 7.16. The van der Waals surface area contributed by atoms with Gasteiger partial charge < -0.3 is 24.7 Å². The number of hydrogen-bond acceptors (Lipinski definition) is 12. The predicted molar refractivity (Wildman–Crippen MR) is 114 cm³/mol. The van der Waals surface area contributed by atoms with E-state index in [2.05, 4.69) is 9.97 Å². The number of rotatable bonds is 5. The normalized spacial score (nSPS) is 22.8. The van der Waals surface area contributed by atoms with Crippen LogP contribution in [0.15, 0.2) is 9.59 Å². The number of ether oxygens (including phenoxy) is 4. The molecule has 0 spiro atoms. The zero-order valence-electron chi connectivity index (χ0n) is 18.6. The van der Waals surface area contributed by atoms with Crippen LogP contribution in [-0.4, -0.2) is 57.4 Å². The van der Waals surface area contributed by atoms with Crippen LogP contribution in [0.3, 0.4) is 0 Å². The summed E-state index contributed by atoms with van der Waals surface area (Å²) in [6.07, 6.45) is -4.95. The fourth-order valence-electron chi connectivity index (χ4n) is 3.25. The molecule has 1 aliphatic heterocycles. The minimum absolute atomic E-state index is 0.0222. The van der Waals surface area contributed by atoms with E-state index in [-0.39, 0.29) is 22.9 Å². The van der Waals surface area contributed by atoms with E-state index in [0.717, 1.165) is 18.4 Å². The Balaban J connectivity index is 2.07. The molecule has 0 aliphatic carbocycles. The molecule has 1 aliphatic rings. The Morgan fingerprint density at radius 2 is 1.76 bits per heavy atom. The van der Waals surface area contributed by atoms with Crippen LogP contribution >= 0.6 is 11.3 Å². The van der Waals surface area contributed by atoms with E-state index in [1.807, 2.05) is 0 Å². The van der Waals surface area contributed by atoms with Crippen molar-refractivity contribution in [3.63, 3.8) is 0 Å². The lowest BCUT2D eigenvalue weighted by molar-refractivity contribution is -0.167. The SMILES string of the molecule is CC(=O)O[C@@H]1[C@H](OC(C)=O)[C@@H](COC(=O)C(C)(C)C)O[C@H]1n1c(=O)sc2c(=O)[nH]c(N)nc21. The highest BCUT2D eigenvalue weighted by Gasteiger charge is 2.52. The van der Waals surface area contributed by atoms with E-state index in [1.54, 1.807) is 20.8 Å². The number of fused-ring (bicyclic) bond motifs is 1. The molecule has 0 bridgehead atoms. The minimum Gasteiger partial charge on any atom is -0.462 e. The smallest absolute Gasteiger partial charge is 0.311 e. The molecular weight excluding hydrogens is 460 g/mol. The number of thiazole rings is 1. The first kappa shape index (κ1) is 24.4. The monoisotopic (exact) mass is 484 g/mol. The van der Waals surface area contributed by atoms with Gasteiger partial charge in [0.15, 0.2) is 24.1 Å². The lowest BCUT2D eigenvalue weighted by atomic mass is 9.97. The Kier molecular flexibility index (Phi) is 6.61. The number of carbonyl (C=O) groups is 3. The van der Waals surface area contributed by atoms with Crippen molar-refractivity contribution in [3.05, 3.63) is 20.0 Å². The third kappa shape index (κ3) is 5.06. The molecule has 0 unspecified atom stereocenters. The second kappa shape index (κ2) is 8.94. The van der Waals surface area contributed by atoms with Crippen molar-refractivity contribution in [1.82, 2.24) is 14.5 Å². The third-order valence-electron chi connectivity index (χ3n) is 4.63. The standard InChI is InChI=1S/C19H24N4O9S/c1-7(24)30-10-9(6-29-16(27)19(3,4)5)32-15(11(10)31-8(2)25)23-13-12(33-18(23)28)14(26)22-17(20)21-13/h9-11,15H,6H2,1-5H3,(H3,20,21,22,26)/t9-,10-,11-,15-/m1/s1. The van der Waals surface area contributed by atoms with Gasteiger partial charge >= 0.3 is 22.8 Å². The molecule has 33 heavy (non-hydrogen) atoms. The number of nitrogens with two attached hydrogens (primary N) is 1. The van der Waals surface area contributed by atoms with Crippen LogP contribution in [0.1, 0.15) is 40.8 Å². The van der Waals surface area contributed by atoms with Gasteiger partial charge in [0.25, 0.3) is 5.56 Å². The van der Waals surface area contributed by atoms with Crippen molar-refractivity contribution < 1.29 is 33.3 Å². The largest absolute Gasteiger partial charge is 0.462 e. The molecule has 1 saturated heterocycles. The van der Waals surface area contributed by atoms with Gasteiger partial charge in [0.2, 0.25) is 5.95 Å². The molecule has 0 amide bonds. The van der Waals surface area contributed by atoms with Crippen LogP contribution in [0.25, 0.3) is 10.3 Å². The van der Waals surface area contributed by atoms with Crippen molar-refractivity contribution in [1.29, 1.82) is 0 Å². The Morgan fingerprint density at radius 1 is 1.15 bits per heavy atom. The van der Waals surface area contributed by atoms with E-state index in [1.165, 1.54) is 0 Å². The summed E-state index contributed by atoms with van der Waals surface area (Å²) >= 11 is 0.592. The van der Waals surface area contributed by atoms with E-state index in [4.69, 9.17) is 24.7 Å².